The molecule has 28 heavy (non-hydrogen) atoms. The second-order valence-electron chi connectivity index (χ2n) is 5.63. The van der Waals surface area contributed by atoms with Crippen LogP contribution in [0, 0.1) is 10.1 Å². The highest BCUT2D eigenvalue weighted by Gasteiger charge is 2.19. The van der Waals surface area contributed by atoms with Gasteiger partial charge in [0, 0.05) is 16.5 Å². The fourth-order valence-electron chi connectivity index (χ4n) is 2.59. The number of carboxylic acid groups (broad SMARTS) is 1. The number of hydrogen-bond donors (Lipinski definition) is 2. The third-order valence-electron chi connectivity index (χ3n) is 3.79. The number of aromatic carboxylic acids is 1. The number of amides is 1. The summed E-state index contributed by atoms with van der Waals surface area (Å²) < 4.78 is 0.697. The highest BCUT2D eigenvalue weighted by molar-refractivity contribution is 6.31. The lowest BCUT2D eigenvalue weighted by Gasteiger charge is -2.10. The molecule has 0 unspecified atom stereocenters. The number of carboxylic acids is 1. The summed E-state index contributed by atoms with van der Waals surface area (Å²) in [6.07, 6.45) is 0. The molecule has 0 radical (unpaired) electrons. The van der Waals surface area contributed by atoms with Crippen molar-refractivity contribution >= 4 is 45.6 Å². The SMILES string of the molecule is O=C(Cn1nc(C(=O)O)c2ccccc2c1=O)Nc1ccc(Cl)cc1[N+](=O)[O-]. The predicted octanol–water partition coefficient (Wildman–Crippen LogP) is 2.29. The van der Waals surface area contributed by atoms with Gasteiger partial charge in [-0.2, -0.15) is 5.10 Å². The van der Waals surface area contributed by atoms with Gasteiger partial charge in [-0.05, 0) is 18.2 Å². The lowest BCUT2D eigenvalue weighted by atomic mass is 10.1. The van der Waals surface area contributed by atoms with E-state index in [2.05, 4.69) is 10.4 Å². The summed E-state index contributed by atoms with van der Waals surface area (Å²) >= 11 is 5.72. The Balaban J connectivity index is 1.97. The molecule has 11 heteroatoms. The summed E-state index contributed by atoms with van der Waals surface area (Å²) in [5, 5.41) is 26.8. The van der Waals surface area contributed by atoms with Crippen molar-refractivity contribution in [2.75, 3.05) is 5.32 Å². The fourth-order valence-corrected chi connectivity index (χ4v) is 2.75. The third-order valence-corrected chi connectivity index (χ3v) is 4.03. The van der Waals surface area contributed by atoms with Crippen LogP contribution in [0.3, 0.4) is 0 Å². The van der Waals surface area contributed by atoms with Gasteiger partial charge in [-0.3, -0.25) is 19.7 Å². The first-order chi connectivity index (χ1) is 13.3. The summed E-state index contributed by atoms with van der Waals surface area (Å²) in [7, 11) is 0. The maximum Gasteiger partial charge on any atom is 0.357 e. The number of nitrogens with zero attached hydrogens (tertiary/aromatic N) is 3. The van der Waals surface area contributed by atoms with E-state index in [1.54, 1.807) is 12.1 Å². The normalized spacial score (nSPS) is 10.6. The van der Waals surface area contributed by atoms with E-state index in [0.717, 1.165) is 6.07 Å². The van der Waals surface area contributed by atoms with Crippen LogP contribution in [-0.4, -0.2) is 31.7 Å². The van der Waals surface area contributed by atoms with Crippen molar-refractivity contribution in [1.82, 2.24) is 9.78 Å². The Morgan fingerprint density at radius 3 is 2.54 bits per heavy atom. The molecule has 1 aromatic heterocycles. The molecule has 0 bridgehead atoms. The number of hydrogen-bond acceptors (Lipinski definition) is 6. The molecule has 2 aromatic carbocycles. The molecule has 0 fully saturated rings. The lowest BCUT2D eigenvalue weighted by molar-refractivity contribution is -0.383. The van der Waals surface area contributed by atoms with Gasteiger partial charge in [-0.25, -0.2) is 9.48 Å². The lowest BCUT2D eigenvalue weighted by Crippen LogP contribution is -2.31. The number of aromatic nitrogens is 2. The molecule has 0 aliphatic carbocycles. The Morgan fingerprint density at radius 2 is 1.89 bits per heavy atom. The molecule has 1 heterocycles. The molecule has 3 rings (SSSR count). The topological polar surface area (TPSA) is 144 Å². The van der Waals surface area contributed by atoms with Crippen LogP contribution < -0.4 is 10.9 Å². The second kappa shape index (κ2) is 7.45. The minimum atomic E-state index is -1.36. The van der Waals surface area contributed by atoms with Gasteiger partial charge in [0.1, 0.15) is 12.2 Å². The van der Waals surface area contributed by atoms with Crippen LogP contribution in [0.2, 0.25) is 5.02 Å². The number of nitro benzene ring substituents is 1. The Hall–Kier alpha value is -3.79. The molecule has 1 amide bonds. The quantitative estimate of drug-likeness (QED) is 0.492. The van der Waals surface area contributed by atoms with Crippen molar-refractivity contribution in [1.29, 1.82) is 0 Å². The van der Waals surface area contributed by atoms with Gasteiger partial charge >= 0.3 is 5.97 Å². The first kappa shape index (κ1) is 19.0. The van der Waals surface area contributed by atoms with E-state index >= 15 is 0 Å². The average Bonchev–Trinajstić information content (AvgIpc) is 2.65. The summed E-state index contributed by atoms with van der Waals surface area (Å²) in [5.41, 5.74) is -1.60. The minimum absolute atomic E-state index is 0.0835. The maximum absolute atomic E-state index is 12.5. The van der Waals surface area contributed by atoms with Crippen molar-refractivity contribution in [2.24, 2.45) is 0 Å². The summed E-state index contributed by atoms with van der Waals surface area (Å²) in [6.45, 7) is -0.635. The zero-order chi connectivity index (χ0) is 20.4. The summed E-state index contributed by atoms with van der Waals surface area (Å²) in [6, 6.07) is 9.65. The van der Waals surface area contributed by atoms with Crippen LogP contribution in [0.4, 0.5) is 11.4 Å². The van der Waals surface area contributed by atoms with Crippen molar-refractivity contribution in [3.8, 4) is 0 Å². The molecule has 0 aliphatic rings. The monoisotopic (exact) mass is 402 g/mol. The van der Waals surface area contributed by atoms with Gasteiger partial charge in [-0.1, -0.05) is 29.8 Å². The van der Waals surface area contributed by atoms with E-state index in [4.69, 9.17) is 11.6 Å². The zero-order valence-corrected chi connectivity index (χ0v) is 14.7. The van der Waals surface area contributed by atoms with Crippen molar-refractivity contribution in [3.05, 3.63) is 73.6 Å². The third kappa shape index (κ3) is 3.67. The Morgan fingerprint density at radius 1 is 1.21 bits per heavy atom. The number of benzene rings is 2. The molecule has 0 spiro atoms. The van der Waals surface area contributed by atoms with Crippen molar-refractivity contribution < 1.29 is 19.6 Å². The number of halogens is 1. The Kier molecular flexibility index (Phi) is 5.05. The standard InChI is InChI=1S/C17H11ClN4O6/c18-9-5-6-12(13(7-9)22(27)28)19-14(23)8-21-16(24)11-4-2-1-3-10(11)15(20-21)17(25)26/h1-7H,8H2,(H,19,23)(H,25,26). The first-order valence-electron chi connectivity index (χ1n) is 7.75. The number of nitrogens with one attached hydrogen (secondary N) is 1. The number of nitro groups is 1. The predicted molar refractivity (Wildman–Crippen MR) is 99.7 cm³/mol. The van der Waals surface area contributed by atoms with Gasteiger partial charge in [0.15, 0.2) is 5.69 Å². The van der Waals surface area contributed by atoms with Crippen molar-refractivity contribution in [3.63, 3.8) is 0 Å². The largest absolute Gasteiger partial charge is 0.476 e. The van der Waals surface area contributed by atoms with Gasteiger partial charge in [0.05, 0.1) is 10.3 Å². The van der Waals surface area contributed by atoms with E-state index < -0.39 is 34.6 Å². The molecular weight excluding hydrogens is 392 g/mol. The minimum Gasteiger partial charge on any atom is -0.476 e. The Bertz CT molecular complexity index is 1190. The fraction of sp³-hybridized carbons (Fsp3) is 0.0588. The van der Waals surface area contributed by atoms with Gasteiger partial charge in [-0.15, -0.1) is 0 Å². The number of carbonyl (C=O) groups excluding carboxylic acids is 1. The van der Waals surface area contributed by atoms with Crippen LogP contribution in [0.25, 0.3) is 10.8 Å². The molecule has 3 aromatic rings. The number of anilines is 1. The highest BCUT2D eigenvalue weighted by Crippen LogP contribution is 2.27. The van der Waals surface area contributed by atoms with Crippen LogP contribution in [-0.2, 0) is 11.3 Å². The number of carbonyl (C=O) groups is 2. The second-order valence-corrected chi connectivity index (χ2v) is 6.07. The molecular formula is C17H11ClN4O6. The molecule has 0 aliphatic heterocycles. The van der Waals surface area contributed by atoms with Gasteiger partial charge in [0.2, 0.25) is 5.91 Å². The van der Waals surface area contributed by atoms with E-state index in [1.165, 1.54) is 24.3 Å². The molecule has 142 valence electrons. The first-order valence-corrected chi connectivity index (χ1v) is 8.12. The number of rotatable bonds is 5. The molecule has 10 nitrogen and oxygen atoms in total. The molecule has 0 atom stereocenters. The van der Waals surface area contributed by atoms with Crippen LogP contribution in [0.15, 0.2) is 47.3 Å². The summed E-state index contributed by atoms with van der Waals surface area (Å²) in [4.78, 5) is 46.6. The highest BCUT2D eigenvalue weighted by atomic mass is 35.5. The maximum atomic E-state index is 12.5. The molecule has 0 saturated heterocycles. The van der Waals surface area contributed by atoms with Crippen molar-refractivity contribution in [2.45, 2.75) is 6.54 Å². The van der Waals surface area contributed by atoms with Gasteiger partial charge < -0.3 is 10.4 Å². The summed E-state index contributed by atoms with van der Waals surface area (Å²) in [5.74, 6) is -2.16. The molecule has 2 N–H and O–H groups in total. The molecule has 0 saturated carbocycles. The van der Waals surface area contributed by atoms with Gasteiger partial charge in [0.25, 0.3) is 11.2 Å². The Labute approximate surface area is 161 Å². The van der Waals surface area contributed by atoms with Crippen LogP contribution in [0.1, 0.15) is 10.5 Å². The van der Waals surface area contributed by atoms with E-state index in [9.17, 15) is 29.6 Å². The zero-order valence-electron chi connectivity index (χ0n) is 14.0. The smallest absolute Gasteiger partial charge is 0.357 e. The van der Waals surface area contributed by atoms with E-state index in [1.807, 2.05) is 0 Å². The number of fused-ring (bicyclic) bond motifs is 1. The van der Waals surface area contributed by atoms with Crippen LogP contribution >= 0.6 is 11.6 Å². The van der Waals surface area contributed by atoms with E-state index in [0.29, 0.717) is 4.68 Å². The van der Waals surface area contributed by atoms with E-state index in [-0.39, 0.29) is 27.2 Å². The van der Waals surface area contributed by atoms with Crippen LogP contribution in [0.5, 0.6) is 0 Å². The average molecular weight is 403 g/mol.